The number of ether oxygens (including phenoxy) is 1. The van der Waals surface area contributed by atoms with Crippen molar-refractivity contribution in [1.82, 2.24) is 0 Å². The fourth-order valence-electron chi connectivity index (χ4n) is 1.79. The second-order valence-electron chi connectivity index (χ2n) is 4.69. The summed E-state index contributed by atoms with van der Waals surface area (Å²) in [4.78, 5) is 11.8. The summed E-state index contributed by atoms with van der Waals surface area (Å²) < 4.78 is 28.6. The van der Waals surface area contributed by atoms with Crippen molar-refractivity contribution in [3.8, 4) is 5.75 Å². The first-order valence-electron chi connectivity index (χ1n) is 6.45. The van der Waals surface area contributed by atoms with Crippen LogP contribution < -0.4 is 10.1 Å². The Morgan fingerprint density at radius 1 is 1.09 bits per heavy atom. The van der Waals surface area contributed by atoms with Crippen LogP contribution in [0.25, 0.3) is 0 Å². The monoisotopic (exact) mass is 373 g/mol. The number of esters is 1. The van der Waals surface area contributed by atoms with E-state index in [1.165, 1.54) is 18.2 Å². The zero-order chi connectivity index (χ0) is 17.0. The minimum absolute atomic E-state index is 0.0179. The SMILES string of the molecule is CS(=O)(=O)c1cc(Cl)ccc1NCC(=O)Oc1ccc(Cl)cc1. The summed E-state index contributed by atoms with van der Waals surface area (Å²) in [6.07, 6.45) is 1.07. The summed E-state index contributed by atoms with van der Waals surface area (Å²) in [5.41, 5.74) is 0.282. The zero-order valence-electron chi connectivity index (χ0n) is 12.0. The quantitative estimate of drug-likeness (QED) is 0.642. The van der Waals surface area contributed by atoms with Crippen LogP contribution >= 0.6 is 23.2 Å². The molecule has 2 aromatic carbocycles. The van der Waals surface area contributed by atoms with Gasteiger partial charge >= 0.3 is 5.97 Å². The third kappa shape index (κ3) is 5.13. The van der Waals surface area contributed by atoms with E-state index in [-0.39, 0.29) is 17.1 Å². The molecular formula is C15H13Cl2NO4S. The van der Waals surface area contributed by atoms with Gasteiger partial charge in [0.25, 0.3) is 0 Å². The first-order chi connectivity index (χ1) is 10.8. The molecule has 0 heterocycles. The summed E-state index contributed by atoms with van der Waals surface area (Å²) in [7, 11) is -3.48. The zero-order valence-corrected chi connectivity index (χ0v) is 14.4. The number of hydrogen-bond acceptors (Lipinski definition) is 5. The van der Waals surface area contributed by atoms with Crippen molar-refractivity contribution in [3.05, 3.63) is 52.5 Å². The lowest BCUT2D eigenvalue weighted by atomic mass is 10.3. The molecule has 0 saturated carbocycles. The number of halogens is 2. The van der Waals surface area contributed by atoms with Gasteiger partial charge in [0.1, 0.15) is 12.3 Å². The predicted molar refractivity (Wildman–Crippen MR) is 90.1 cm³/mol. The van der Waals surface area contributed by atoms with Crippen LogP contribution in [-0.2, 0) is 14.6 Å². The van der Waals surface area contributed by atoms with Crippen molar-refractivity contribution >= 4 is 44.7 Å². The van der Waals surface area contributed by atoms with Crippen LogP contribution in [0, 0.1) is 0 Å². The number of nitrogens with one attached hydrogen (secondary N) is 1. The van der Waals surface area contributed by atoms with Gasteiger partial charge in [0.05, 0.1) is 10.6 Å². The molecule has 0 atom stereocenters. The summed E-state index contributed by atoms with van der Waals surface area (Å²) in [5, 5.41) is 3.56. The van der Waals surface area contributed by atoms with Gasteiger partial charge in [-0.05, 0) is 42.5 Å². The molecule has 0 aliphatic rings. The van der Waals surface area contributed by atoms with Gasteiger partial charge in [0.15, 0.2) is 9.84 Å². The van der Waals surface area contributed by atoms with E-state index in [2.05, 4.69) is 5.32 Å². The molecule has 23 heavy (non-hydrogen) atoms. The minimum Gasteiger partial charge on any atom is -0.425 e. The Bertz CT molecular complexity index is 820. The van der Waals surface area contributed by atoms with Crippen LogP contribution in [0.4, 0.5) is 5.69 Å². The lowest BCUT2D eigenvalue weighted by molar-refractivity contribution is -0.132. The molecule has 0 radical (unpaired) electrons. The second-order valence-corrected chi connectivity index (χ2v) is 7.55. The third-order valence-electron chi connectivity index (χ3n) is 2.81. The van der Waals surface area contributed by atoms with E-state index in [1.54, 1.807) is 24.3 Å². The maximum Gasteiger partial charge on any atom is 0.330 e. The van der Waals surface area contributed by atoms with Gasteiger partial charge in [-0.1, -0.05) is 23.2 Å². The summed E-state index contributed by atoms with van der Waals surface area (Å²) in [6.45, 7) is -0.202. The molecule has 0 bridgehead atoms. The first-order valence-corrected chi connectivity index (χ1v) is 9.10. The largest absolute Gasteiger partial charge is 0.425 e. The van der Waals surface area contributed by atoms with Gasteiger partial charge in [0, 0.05) is 16.3 Å². The molecule has 122 valence electrons. The van der Waals surface area contributed by atoms with Gasteiger partial charge in [-0.25, -0.2) is 13.2 Å². The average Bonchev–Trinajstić information content (AvgIpc) is 2.47. The lowest BCUT2D eigenvalue weighted by Gasteiger charge is -2.11. The highest BCUT2D eigenvalue weighted by molar-refractivity contribution is 7.90. The topological polar surface area (TPSA) is 72.5 Å². The molecule has 0 aromatic heterocycles. The molecule has 0 unspecified atom stereocenters. The normalized spacial score (nSPS) is 11.1. The Balaban J connectivity index is 2.06. The highest BCUT2D eigenvalue weighted by Gasteiger charge is 2.15. The number of carbonyl (C=O) groups is 1. The molecule has 5 nitrogen and oxygen atoms in total. The number of carbonyl (C=O) groups excluding carboxylic acids is 1. The Labute approximate surface area is 144 Å². The maximum atomic E-state index is 11.8. The maximum absolute atomic E-state index is 11.8. The van der Waals surface area contributed by atoms with Crippen LogP contribution in [0.5, 0.6) is 5.75 Å². The fourth-order valence-corrected chi connectivity index (χ4v) is 3.03. The Hall–Kier alpha value is -1.76. The smallest absolute Gasteiger partial charge is 0.330 e. The van der Waals surface area contributed by atoms with Crippen molar-refractivity contribution in [2.75, 3.05) is 18.1 Å². The molecule has 2 rings (SSSR count). The highest BCUT2D eigenvalue weighted by atomic mass is 35.5. The van der Waals surface area contributed by atoms with Crippen molar-refractivity contribution in [3.63, 3.8) is 0 Å². The molecule has 0 aliphatic heterocycles. The molecule has 2 aromatic rings. The Kier molecular flexibility index (Phi) is 5.51. The number of benzene rings is 2. The molecule has 8 heteroatoms. The molecule has 0 fully saturated rings. The van der Waals surface area contributed by atoms with E-state index in [4.69, 9.17) is 27.9 Å². The highest BCUT2D eigenvalue weighted by Crippen LogP contribution is 2.25. The van der Waals surface area contributed by atoms with Crippen LogP contribution in [0.1, 0.15) is 0 Å². The van der Waals surface area contributed by atoms with Crippen LogP contribution in [0.2, 0.25) is 10.0 Å². The van der Waals surface area contributed by atoms with Gasteiger partial charge in [-0.2, -0.15) is 0 Å². The molecule has 0 saturated heterocycles. The molecule has 1 N–H and O–H groups in total. The number of rotatable bonds is 5. The van der Waals surface area contributed by atoms with Crippen molar-refractivity contribution in [2.45, 2.75) is 4.90 Å². The van der Waals surface area contributed by atoms with E-state index in [0.29, 0.717) is 15.8 Å². The van der Waals surface area contributed by atoms with Gasteiger partial charge < -0.3 is 10.1 Å². The molecule has 0 aliphatic carbocycles. The van der Waals surface area contributed by atoms with Crippen LogP contribution in [0.15, 0.2) is 47.4 Å². The second kappa shape index (κ2) is 7.21. The van der Waals surface area contributed by atoms with E-state index >= 15 is 0 Å². The third-order valence-corrected chi connectivity index (χ3v) is 4.44. The molecular weight excluding hydrogens is 361 g/mol. The van der Waals surface area contributed by atoms with Crippen LogP contribution in [-0.4, -0.2) is 27.2 Å². The summed E-state index contributed by atoms with van der Waals surface area (Å²) >= 11 is 11.6. The average molecular weight is 374 g/mol. The molecule has 0 amide bonds. The predicted octanol–water partition coefficient (Wildman–Crippen LogP) is 3.41. The number of hydrogen-bond donors (Lipinski definition) is 1. The van der Waals surface area contributed by atoms with Crippen molar-refractivity contribution in [1.29, 1.82) is 0 Å². The molecule has 0 spiro atoms. The van der Waals surface area contributed by atoms with Gasteiger partial charge in [-0.3, -0.25) is 0 Å². The number of anilines is 1. The standard InChI is InChI=1S/C15H13Cl2NO4S/c1-23(20,21)14-8-11(17)4-7-13(14)18-9-15(19)22-12-5-2-10(16)3-6-12/h2-8,18H,9H2,1H3. The van der Waals surface area contributed by atoms with E-state index in [0.717, 1.165) is 6.26 Å². The number of sulfone groups is 1. The summed E-state index contributed by atoms with van der Waals surface area (Å²) in [5.74, 6) is -0.220. The van der Waals surface area contributed by atoms with Crippen molar-refractivity contribution < 1.29 is 17.9 Å². The van der Waals surface area contributed by atoms with E-state index < -0.39 is 15.8 Å². The fraction of sp³-hybridized carbons (Fsp3) is 0.133. The van der Waals surface area contributed by atoms with Crippen molar-refractivity contribution in [2.24, 2.45) is 0 Å². The van der Waals surface area contributed by atoms with E-state index in [9.17, 15) is 13.2 Å². The minimum atomic E-state index is -3.48. The lowest BCUT2D eigenvalue weighted by Crippen LogP contribution is -2.20. The Morgan fingerprint density at radius 3 is 2.30 bits per heavy atom. The first kappa shape index (κ1) is 17.6. The van der Waals surface area contributed by atoms with Gasteiger partial charge in [0.2, 0.25) is 0 Å². The van der Waals surface area contributed by atoms with Gasteiger partial charge in [-0.15, -0.1) is 0 Å². The van der Waals surface area contributed by atoms with E-state index in [1.807, 2.05) is 0 Å². The Morgan fingerprint density at radius 2 is 1.70 bits per heavy atom. The van der Waals surface area contributed by atoms with Crippen LogP contribution in [0.3, 0.4) is 0 Å². The summed E-state index contributed by atoms with van der Waals surface area (Å²) in [6, 6.07) is 10.7.